The molecule has 6 heteroatoms. The van der Waals surface area contributed by atoms with E-state index in [9.17, 15) is 13.6 Å². The van der Waals surface area contributed by atoms with Gasteiger partial charge in [-0.2, -0.15) is 0 Å². The number of ether oxygens (including phenoxy) is 1. The van der Waals surface area contributed by atoms with Crippen molar-refractivity contribution < 1.29 is 18.3 Å². The van der Waals surface area contributed by atoms with Crippen LogP contribution in [0.1, 0.15) is 22.3 Å². The minimum absolute atomic E-state index is 0.00898. The first kappa shape index (κ1) is 11.0. The molecular weight excluding hydrogens is 260 g/mol. The van der Waals surface area contributed by atoms with E-state index in [2.05, 4.69) is 25.7 Å². The smallest absolute Gasteiger partial charge is 0.340 e. The largest absolute Gasteiger partial charge is 0.465 e. The van der Waals surface area contributed by atoms with Crippen molar-refractivity contribution >= 4 is 21.9 Å². The number of hydrogen-bond donors (Lipinski definition) is 0. The fourth-order valence-electron chi connectivity index (χ4n) is 0.837. The fourth-order valence-corrected chi connectivity index (χ4v) is 1.22. The zero-order valence-electron chi connectivity index (χ0n) is 7.13. The van der Waals surface area contributed by atoms with E-state index in [1.165, 1.54) is 7.11 Å². The van der Waals surface area contributed by atoms with Crippen LogP contribution < -0.4 is 0 Å². The summed E-state index contributed by atoms with van der Waals surface area (Å²) in [5.74, 6) is -0.702. The first-order valence-corrected chi connectivity index (χ1v) is 4.37. The van der Waals surface area contributed by atoms with Gasteiger partial charge in [0.1, 0.15) is 4.60 Å². The van der Waals surface area contributed by atoms with E-state index in [-0.39, 0.29) is 15.7 Å². The summed E-state index contributed by atoms with van der Waals surface area (Å²) in [5.41, 5.74) is -0.320. The zero-order valence-corrected chi connectivity index (χ0v) is 8.72. The van der Waals surface area contributed by atoms with Gasteiger partial charge in [0.2, 0.25) is 0 Å². The maximum atomic E-state index is 12.2. The molecule has 1 rings (SSSR count). The molecule has 0 aliphatic heterocycles. The van der Waals surface area contributed by atoms with Gasteiger partial charge < -0.3 is 4.74 Å². The summed E-state index contributed by atoms with van der Waals surface area (Å²) in [6.07, 6.45) is -1.65. The average Bonchev–Trinajstić information content (AvgIpc) is 2.17. The number of alkyl halides is 2. The normalized spacial score (nSPS) is 10.4. The molecule has 76 valence electrons. The van der Waals surface area contributed by atoms with E-state index in [4.69, 9.17) is 0 Å². The van der Waals surface area contributed by atoms with Crippen molar-refractivity contribution in [1.82, 2.24) is 4.98 Å². The molecule has 0 unspecified atom stereocenters. The van der Waals surface area contributed by atoms with Gasteiger partial charge in [-0.05, 0) is 22.0 Å². The summed E-state index contributed by atoms with van der Waals surface area (Å²) < 4.78 is 29.1. The second-order valence-electron chi connectivity index (χ2n) is 2.40. The summed E-state index contributed by atoms with van der Waals surface area (Å²) in [6.45, 7) is 0. The lowest BCUT2D eigenvalue weighted by molar-refractivity contribution is 0.0598. The number of carbonyl (C=O) groups is 1. The highest BCUT2D eigenvalue weighted by Crippen LogP contribution is 2.22. The number of rotatable bonds is 2. The van der Waals surface area contributed by atoms with Crippen molar-refractivity contribution in [3.63, 3.8) is 0 Å². The van der Waals surface area contributed by atoms with Gasteiger partial charge in [-0.3, -0.25) is 0 Å². The molecule has 14 heavy (non-hydrogen) atoms. The van der Waals surface area contributed by atoms with E-state index in [0.717, 1.165) is 12.3 Å². The van der Waals surface area contributed by atoms with E-state index in [1.54, 1.807) is 0 Å². The average molecular weight is 266 g/mol. The van der Waals surface area contributed by atoms with Gasteiger partial charge in [0.05, 0.1) is 12.7 Å². The monoisotopic (exact) mass is 265 g/mol. The molecule has 0 radical (unpaired) electrons. The lowest BCUT2D eigenvalue weighted by Gasteiger charge is -2.04. The SMILES string of the molecule is COC(=O)c1cc(C(F)F)cnc1Br. The first-order chi connectivity index (χ1) is 6.56. The van der Waals surface area contributed by atoms with Gasteiger partial charge in [0.25, 0.3) is 6.43 Å². The zero-order chi connectivity index (χ0) is 10.7. The van der Waals surface area contributed by atoms with Crippen LogP contribution in [0.2, 0.25) is 0 Å². The molecule has 0 aliphatic rings. The molecule has 0 aliphatic carbocycles. The van der Waals surface area contributed by atoms with Crippen LogP contribution in [0, 0.1) is 0 Å². The molecular formula is C8H6BrF2NO2. The van der Waals surface area contributed by atoms with Gasteiger partial charge in [0, 0.05) is 11.8 Å². The summed E-state index contributed by atoms with van der Waals surface area (Å²) in [4.78, 5) is 14.7. The predicted molar refractivity (Wildman–Crippen MR) is 48.2 cm³/mol. The third-order valence-corrected chi connectivity index (χ3v) is 2.15. The topological polar surface area (TPSA) is 39.2 Å². The Hall–Kier alpha value is -1.04. The Kier molecular flexibility index (Phi) is 3.51. The van der Waals surface area contributed by atoms with E-state index in [1.807, 2.05) is 0 Å². The molecule has 1 aromatic heterocycles. The third kappa shape index (κ3) is 2.25. The van der Waals surface area contributed by atoms with Gasteiger partial charge >= 0.3 is 5.97 Å². The molecule has 0 fully saturated rings. The van der Waals surface area contributed by atoms with Crippen LogP contribution in [-0.4, -0.2) is 18.1 Å². The molecule has 0 aromatic carbocycles. The van der Waals surface area contributed by atoms with Crippen LogP contribution >= 0.6 is 15.9 Å². The second kappa shape index (κ2) is 4.45. The van der Waals surface area contributed by atoms with Gasteiger partial charge in [-0.25, -0.2) is 18.6 Å². The quantitative estimate of drug-likeness (QED) is 0.610. The van der Waals surface area contributed by atoms with Crippen molar-refractivity contribution in [2.45, 2.75) is 6.43 Å². The van der Waals surface area contributed by atoms with E-state index in [0.29, 0.717) is 0 Å². The first-order valence-electron chi connectivity index (χ1n) is 3.58. The predicted octanol–water partition coefficient (Wildman–Crippen LogP) is 2.57. The summed E-state index contributed by atoms with van der Waals surface area (Å²) in [6, 6.07) is 1.05. The van der Waals surface area contributed by atoms with Crippen LogP contribution in [0.3, 0.4) is 0 Å². The van der Waals surface area contributed by atoms with Crippen LogP contribution in [0.15, 0.2) is 16.9 Å². The Balaban J connectivity index is 3.15. The molecule has 0 bridgehead atoms. The Labute approximate surface area is 87.2 Å². The van der Waals surface area contributed by atoms with Crippen molar-refractivity contribution in [3.8, 4) is 0 Å². The van der Waals surface area contributed by atoms with Gasteiger partial charge in [0.15, 0.2) is 0 Å². The highest BCUT2D eigenvalue weighted by molar-refractivity contribution is 9.10. The van der Waals surface area contributed by atoms with Gasteiger partial charge in [-0.15, -0.1) is 0 Å². The minimum atomic E-state index is -2.65. The maximum absolute atomic E-state index is 12.2. The number of esters is 1. The molecule has 0 spiro atoms. The van der Waals surface area contributed by atoms with Gasteiger partial charge in [-0.1, -0.05) is 0 Å². The standard InChI is InChI=1S/C8H6BrF2NO2/c1-14-8(13)5-2-4(7(10)11)3-12-6(5)9/h2-3,7H,1H3. The molecule has 0 saturated carbocycles. The second-order valence-corrected chi connectivity index (χ2v) is 3.15. The van der Waals surface area contributed by atoms with E-state index >= 15 is 0 Å². The molecule has 1 heterocycles. The summed E-state index contributed by atoms with van der Waals surface area (Å²) in [7, 11) is 1.17. The minimum Gasteiger partial charge on any atom is -0.465 e. The number of nitrogens with zero attached hydrogens (tertiary/aromatic N) is 1. The van der Waals surface area contributed by atoms with Crippen molar-refractivity contribution in [2.75, 3.05) is 7.11 Å². The number of halogens is 3. The molecule has 0 amide bonds. The summed E-state index contributed by atoms with van der Waals surface area (Å²) >= 11 is 2.96. The molecule has 3 nitrogen and oxygen atoms in total. The van der Waals surface area contributed by atoms with Crippen LogP contribution in [-0.2, 0) is 4.74 Å². The number of aromatic nitrogens is 1. The maximum Gasteiger partial charge on any atom is 0.340 e. The number of hydrogen-bond acceptors (Lipinski definition) is 3. The lowest BCUT2D eigenvalue weighted by atomic mass is 10.2. The number of methoxy groups -OCH3 is 1. The van der Waals surface area contributed by atoms with Crippen LogP contribution in [0.5, 0.6) is 0 Å². The number of carbonyl (C=O) groups excluding carboxylic acids is 1. The third-order valence-electron chi connectivity index (χ3n) is 1.52. The Morgan fingerprint density at radius 3 is 2.79 bits per heavy atom. The van der Waals surface area contributed by atoms with Crippen molar-refractivity contribution in [3.05, 3.63) is 28.0 Å². The Morgan fingerprint density at radius 2 is 2.29 bits per heavy atom. The molecule has 0 atom stereocenters. The van der Waals surface area contributed by atoms with Crippen molar-refractivity contribution in [1.29, 1.82) is 0 Å². The molecule has 1 aromatic rings. The fraction of sp³-hybridized carbons (Fsp3) is 0.250. The van der Waals surface area contributed by atoms with Crippen LogP contribution in [0.25, 0.3) is 0 Å². The van der Waals surface area contributed by atoms with Crippen LogP contribution in [0.4, 0.5) is 8.78 Å². The lowest BCUT2D eigenvalue weighted by Crippen LogP contribution is -2.04. The Bertz CT molecular complexity index is 357. The van der Waals surface area contributed by atoms with E-state index < -0.39 is 12.4 Å². The van der Waals surface area contributed by atoms with Crippen molar-refractivity contribution in [2.24, 2.45) is 0 Å². The Morgan fingerprint density at radius 1 is 1.64 bits per heavy atom. The highest BCUT2D eigenvalue weighted by Gasteiger charge is 2.16. The highest BCUT2D eigenvalue weighted by atomic mass is 79.9. The number of pyridine rings is 1. The molecule has 0 N–H and O–H groups in total. The summed E-state index contributed by atoms with van der Waals surface area (Å²) in [5, 5.41) is 0. The molecule has 0 saturated heterocycles.